The number of nitrogens with zero attached hydrogens (tertiary/aromatic N) is 2. The van der Waals surface area contributed by atoms with Crippen molar-refractivity contribution in [2.24, 2.45) is 5.92 Å². The molecular formula is C18H26N4O3. The van der Waals surface area contributed by atoms with Gasteiger partial charge in [-0.05, 0) is 18.1 Å². The number of ether oxygens (including phenoxy) is 1. The molecule has 2 amide bonds. The summed E-state index contributed by atoms with van der Waals surface area (Å²) in [7, 11) is 0. The molecule has 0 spiro atoms. The molecule has 0 aliphatic carbocycles. The zero-order valence-corrected chi connectivity index (χ0v) is 14.7. The second kappa shape index (κ2) is 9.80. The van der Waals surface area contributed by atoms with Gasteiger partial charge in [0.05, 0.1) is 24.6 Å². The van der Waals surface area contributed by atoms with Crippen LogP contribution in [0.4, 0.5) is 4.79 Å². The van der Waals surface area contributed by atoms with E-state index in [1.807, 2.05) is 50.4 Å². The molecule has 3 N–H and O–H groups in total. The van der Waals surface area contributed by atoms with E-state index < -0.39 is 6.10 Å². The fourth-order valence-corrected chi connectivity index (χ4v) is 2.13. The van der Waals surface area contributed by atoms with Crippen LogP contribution in [0.1, 0.15) is 19.4 Å². The number of hydrogen-bond acceptors (Lipinski definition) is 4. The van der Waals surface area contributed by atoms with Crippen LogP contribution in [0.25, 0.3) is 5.69 Å². The van der Waals surface area contributed by atoms with E-state index in [9.17, 15) is 9.90 Å². The molecule has 0 saturated carbocycles. The van der Waals surface area contributed by atoms with Gasteiger partial charge < -0.3 is 20.5 Å². The van der Waals surface area contributed by atoms with Gasteiger partial charge in [-0.15, -0.1) is 0 Å². The van der Waals surface area contributed by atoms with Gasteiger partial charge in [0, 0.05) is 31.5 Å². The Kier molecular flexibility index (Phi) is 7.43. The van der Waals surface area contributed by atoms with Crippen LogP contribution < -0.4 is 10.6 Å². The second-order valence-electron chi connectivity index (χ2n) is 6.28. The number of nitrogens with one attached hydrogen (secondary N) is 2. The lowest BCUT2D eigenvalue weighted by Gasteiger charge is -2.13. The van der Waals surface area contributed by atoms with Crippen molar-refractivity contribution in [1.29, 1.82) is 0 Å². The molecule has 1 heterocycles. The van der Waals surface area contributed by atoms with Gasteiger partial charge >= 0.3 is 6.03 Å². The molecule has 0 saturated heterocycles. The molecule has 1 aromatic heterocycles. The number of aliphatic hydroxyl groups is 1. The van der Waals surface area contributed by atoms with Gasteiger partial charge in [-0.25, -0.2) is 9.48 Å². The smallest absolute Gasteiger partial charge is 0.315 e. The number of aromatic nitrogens is 2. The standard InChI is InChI=1S/C18H26N4O3/c1-14(2)12-25-13-17(23)10-20-18(24)19-8-15-9-21-22(11-15)16-6-4-3-5-7-16/h3-7,9,11,14,17,23H,8,10,12-13H2,1-2H3,(H2,19,20,24)/t17-/m1/s1. The number of rotatable bonds is 9. The maximum absolute atomic E-state index is 11.8. The molecule has 2 aromatic rings. The molecule has 0 bridgehead atoms. The maximum atomic E-state index is 11.8. The lowest BCUT2D eigenvalue weighted by molar-refractivity contribution is 0.0272. The highest BCUT2D eigenvalue weighted by Crippen LogP contribution is 2.07. The van der Waals surface area contributed by atoms with Gasteiger partial charge in [0.2, 0.25) is 0 Å². The Morgan fingerprint density at radius 1 is 1.24 bits per heavy atom. The van der Waals surface area contributed by atoms with Crippen molar-refractivity contribution >= 4 is 6.03 Å². The molecule has 7 heteroatoms. The summed E-state index contributed by atoms with van der Waals surface area (Å²) in [6, 6.07) is 9.41. The highest BCUT2D eigenvalue weighted by atomic mass is 16.5. The number of carbonyl (C=O) groups excluding carboxylic acids is 1. The number of benzene rings is 1. The van der Waals surface area contributed by atoms with Crippen LogP contribution in [0.5, 0.6) is 0 Å². The Morgan fingerprint density at radius 3 is 2.72 bits per heavy atom. The molecule has 0 fully saturated rings. The summed E-state index contributed by atoms with van der Waals surface area (Å²) in [6.45, 7) is 5.39. The van der Waals surface area contributed by atoms with E-state index in [-0.39, 0.29) is 19.2 Å². The molecule has 0 unspecified atom stereocenters. The number of amides is 2. The largest absolute Gasteiger partial charge is 0.389 e. The minimum atomic E-state index is -0.717. The summed E-state index contributed by atoms with van der Waals surface area (Å²) < 4.78 is 7.09. The Morgan fingerprint density at radius 2 is 2.00 bits per heavy atom. The van der Waals surface area contributed by atoms with E-state index in [0.29, 0.717) is 19.1 Å². The van der Waals surface area contributed by atoms with Crippen LogP contribution in [-0.4, -0.2) is 46.8 Å². The van der Waals surface area contributed by atoms with E-state index in [4.69, 9.17) is 4.74 Å². The minimum Gasteiger partial charge on any atom is -0.389 e. The first-order valence-electron chi connectivity index (χ1n) is 8.41. The van der Waals surface area contributed by atoms with Crippen molar-refractivity contribution in [1.82, 2.24) is 20.4 Å². The predicted molar refractivity (Wildman–Crippen MR) is 95.5 cm³/mol. The molecule has 0 radical (unpaired) electrons. The normalized spacial score (nSPS) is 12.2. The third-order valence-corrected chi connectivity index (χ3v) is 3.37. The molecule has 0 aliphatic heterocycles. The van der Waals surface area contributed by atoms with E-state index in [2.05, 4.69) is 15.7 Å². The van der Waals surface area contributed by atoms with Crippen LogP contribution in [0.2, 0.25) is 0 Å². The fourth-order valence-electron chi connectivity index (χ4n) is 2.13. The highest BCUT2D eigenvalue weighted by molar-refractivity contribution is 5.73. The predicted octanol–water partition coefficient (Wildman–Crippen LogP) is 1.70. The number of urea groups is 1. The lowest BCUT2D eigenvalue weighted by atomic mass is 10.2. The van der Waals surface area contributed by atoms with Crippen LogP contribution in [0.15, 0.2) is 42.7 Å². The topological polar surface area (TPSA) is 88.4 Å². The third kappa shape index (κ3) is 6.94. The molecule has 7 nitrogen and oxygen atoms in total. The zero-order valence-electron chi connectivity index (χ0n) is 14.7. The first-order valence-corrected chi connectivity index (χ1v) is 8.41. The van der Waals surface area contributed by atoms with Gasteiger partial charge in [0.1, 0.15) is 0 Å². The number of aliphatic hydroxyl groups excluding tert-OH is 1. The Labute approximate surface area is 148 Å². The Bertz CT molecular complexity index is 643. The SMILES string of the molecule is CC(C)COC[C@H](O)CNC(=O)NCc1cnn(-c2ccccc2)c1. The van der Waals surface area contributed by atoms with Gasteiger partial charge in [-0.1, -0.05) is 32.0 Å². The van der Waals surface area contributed by atoms with Gasteiger partial charge in [0.15, 0.2) is 0 Å². The van der Waals surface area contributed by atoms with Crippen molar-refractivity contribution in [2.45, 2.75) is 26.5 Å². The van der Waals surface area contributed by atoms with E-state index in [0.717, 1.165) is 11.3 Å². The maximum Gasteiger partial charge on any atom is 0.315 e. The summed E-state index contributed by atoms with van der Waals surface area (Å²) in [5.74, 6) is 0.417. The monoisotopic (exact) mass is 346 g/mol. The Balaban J connectivity index is 1.67. The third-order valence-electron chi connectivity index (χ3n) is 3.37. The first kappa shape index (κ1) is 19.0. The Hall–Kier alpha value is -2.38. The summed E-state index contributed by atoms with van der Waals surface area (Å²) in [5.41, 5.74) is 1.85. The molecule has 136 valence electrons. The highest BCUT2D eigenvalue weighted by Gasteiger charge is 2.08. The average molecular weight is 346 g/mol. The summed E-state index contributed by atoms with van der Waals surface area (Å²) >= 11 is 0. The van der Waals surface area contributed by atoms with Crippen molar-refractivity contribution in [2.75, 3.05) is 19.8 Å². The summed E-state index contributed by atoms with van der Waals surface area (Å²) in [5, 5.41) is 19.4. The number of carbonyl (C=O) groups is 1. The molecular weight excluding hydrogens is 320 g/mol. The van der Waals surface area contributed by atoms with E-state index >= 15 is 0 Å². The van der Waals surface area contributed by atoms with Gasteiger partial charge in [-0.3, -0.25) is 0 Å². The zero-order chi connectivity index (χ0) is 18.1. The summed E-state index contributed by atoms with van der Waals surface area (Å²) in [6.07, 6.45) is 2.86. The van der Waals surface area contributed by atoms with Crippen LogP contribution >= 0.6 is 0 Å². The summed E-state index contributed by atoms with van der Waals surface area (Å²) in [4.78, 5) is 11.8. The lowest BCUT2D eigenvalue weighted by Crippen LogP contribution is -2.40. The van der Waals surface area contributed by atoms with Crippen molar-refractivity contribution in [3.05, 3.63) is 48.3 Å². The van der Waals surface area contributed by atoms with Crippen LogP contribution in [0.3, 0.4) is 0 Å². The van der Waals surface area contributed by atoms with Crippen LogP contribution in [0, 0.1) is 5.92 Å². The molecule has 1 atom stereocenters. The molecule has 25 heavy (non-hydrogen) atoms. The van der Waals surface area contributed by atoms with Crippen LogP contribution in [-0.2, 0) is 11.3 Å². The molecule has 1 aromatic carbocycles. The van der Waals surface area contributed by atoms with E-state index in [1.54, 1.807) is 10.9 Å². The van der Waals surface area contributed by atoms with Gasteiger partial charge in [0.25, 0.3) is 0 Å². The molecule has 0 aliphatic rings. The number of para-hydroxylation sites is 1. The average Bonchev–Trinajstić information content (AvgIpc) is 3.07. The fraction of sp³-hybridized carbons (Fsp3) is 0.444. The van der Waals surface area contributed by atoms with Gasteiger partial charge in [-0.2, -0.15) is 5.10 Å². The van der Waals surface area contributed by atoms with Crippen molar-refractivity contribution in [3.63, 3.8) is 0 Å². The van der Waals surface area contributed by atoms with Crippen molar-refractivity contribution < 1.29 is 14.6 Å². The van der Waals surface area contributed by atoms with Crippen molar-refractivity contribution in [3.8, 4) is 5.69 Å². The molecule has 2 rings (SSSR count). The number of hydrogen-bond donors (Lipinski definition) is 3. The quantitative estimate of drug-likeness (QED) is 0.645. The minimum absolute atomic E-state index is 0.146. The van der Waals surface area contributed by atoms with E-state index in [1.165, 1.54) is 0 Å². The first-order chi connectivity index (χ1) is 12.0. The second-order valence-corrected chi connectivity index (χ2v) is 6.28.